The number of carbonyl (C=O) groups is 1. The number of hydrogen-bond donors (Lipinski definition) is 1. The first-order valence-corrected chi connectivity index (χ1v) is 10.6. The van der Waals surface area contributed by atoms with Crippen molar-refractivity contribution in [3.8, 4) is 5.75 Å². The number of benzene rings is 2. The molecule has 35 heavy (non-hydrogen) atoms. The Kier molecular flexibility index (Phi) is 6.63. The van der Waals surface area contributed by atoms with Gasteiger partial charge in [0.1, 0.15) is 12.4 Å². The number of nitrogens with zero attached hydrogens (tertiary/aromatic N) is 2. The van der Waals surface area contributed by atoms with Gasteiger partial charge in [0.05, 0.1) is 23.6 Å². The quantitative estimate of drug-likeness (QED) is 0.263. The first-order chi connectivity index (χ1) is 16.6. The average Bonchev–Trinajstić information content (AvgIpc) is 3.40. The molecule has 0 unspecified atom stereocenters. The number of furan rings is 1. The van der Waals surface area contributed by atoms with E-state index in [1.807, 2.05) is 38.1 Å². The van der Waals surface area contributed by atoms with E-state index in [9.17, 15) is 22.4 Å². The largest absolute Gasteiger partial charge is 0.479 e. The van der Waals surface area contributed by atoms with E-state index in [-0.39, 0.29) is 17.6 Å². The fourth-order valence-corrected chi connectivity index (χ4v) is 3.47. The molecule has 0 fully saturated rings. The Hall–Kier alpha value is -4.08. The zero-order valence-corrected chi connectivity index (χ0v) is 19.1. The summed E-state index contributed by atoms with van der Waals surface area (Å²) in [6.45, 7) is 5.56. The van der Waals surface area contributed by atoms with Gasteiger partial charge in [0.25, 0.3) is 5.91 Å². The normalized spacial score (nSPS) is 11.1. The van der Waals surface area contributed by atoms with Gasteiger partial charge in [-0.2, -0.15) is 13.9 Å². The van der Waals surface area contributed by atoms with Gasteiger partial charge in [0, 0.05) is 6.07 Å². The lowest BCUT2D eigenvalue weighted by atomic mass is 10.1. The van der Waals surface area contributed by atoms with Crippen molar-refractivity contribution in [1.29, 1.82) is 0 Å². The monoisotopic (exact) mass is 487 g/mol. The molecule has 0 radical (unpaired) electrons. The number of aryl methyl sites for hydroxylation is 2. The maximum Gasteiger partial charge on any atom is 0.291 e. The zero-order valence-electron chi connectivity index (χ0n) is 19.1. The molecule has 0 bridgehead atoms. The first kappa shape index (κ1) is 24.1. The number of nitrogens with one attached hydrogen (secondary N) is 1. The van der Waals surface area contributed by atoms with Crippen molar-refractivity contribution in [2.45, 2.75) is 33.9 Å². The van der Waals surface area contributed by atoms with Crippen LogP contribution in [0.15, 0.2) is 46.9 Å². The fourth-order valence-electron chi connectivity index (χ4n) is 3.47. The molecule has 0 aliphatic heterocycles. The number of carbonyl (C=O) groups excluding carboxylic acids is 1. The highest BCUT2D eigenvalue weighted by Gasteiger charge is 2.22. The van der Waals surface area contributed by atoms with E-state index in [0.29, 0.717) is 17.9 Å². The summed E-state index contributed by atoms with van der Waals surface area (Å²) in [7, 11) is 0. The van der Waals surface area contributed by atoms with Crippen molar-refractivity contribution < 1.29 is 31.5 Å². The van der Waals surface area contributed by atoms with E-state index in [4.69, 9.17) is 9.15 Å². The van der Waals surface area contributed by atoms with Crippen LogP contribution in [0.2, 0.25) is 0 Å². The van der Waals surface area contributed by atoms with Crippen molar-refractivity contribution >= 4 is 11.6 Å². The molecule has 0 aliphatic rings. The third-order valence-corrected chi connectivity index (χ3v) is 5.39. The molecule has 10 heteroatoms. The van der Waals surface area contributed by atoms with E-state index < -0.39 is 41.5 Å². The van der Waals surface area contributed by atoms with Gasteiger partial charge in [0.15, 0.2) is 23.1 Å². The lowest BCUT2D eigenvalue weighted by Gasteiger charge is -2.08. The summed E-state index contributed by atoms with van der Waals surface area (Å²) in [5, 5.41) is 7.25. The fraction of sp³-hybridized carbons (Fsp3) is 0.200. The Morgan fingerprint density at radius 2 is 1.66 bits per heavy atom. The lowest BCUT2D eigenvalue weighted by Crippen LogP contribution is -2.12. The summed E-state index contributed by atoms with van der Waals surface area (Å²) in [6, 6.07) is 10.8. The van der Waals surface area contributed by atoms with Crippen molar-refractivity contribution in [1.82, 2.24) is 9.78 Å². The molecule has 1 N–H and O–H groups in total. The van der Waals surface area contributed by atoms with Gasteiger partial charge in [-0.3, -0.25) is 9.48 Å². The van der Waals surface area contributed by atoms with Gasteiger partial charge in [-0.25, -0.2) is 8.78 Å². The molecule has 4 rings (SSSR count). The summed E-state index contributed by atoms with van der Waals surface area (Å²) in [5.41, 5.74) is 4.08. The highest BCUT2D eigenvalue weighted by Crippen LogP contribution is 2.28. The second-order valence-electron chi connectivity index (χ2n) is 8.00. The number of rotatable bonds is 7. The molecule has 2 heterocycles. The second kappa shape index (κ2) is 9.65. The Balaban J connectivity index is 1.44. The summed E-state index contributed by atoms with van der Waals surface area (Å²) in [5.74, 6) is -8.38. The standard InChI is InChI=1S/C25H21F4N3O3/c1-13-4-6-16(7-5-13)11-32-15(3)23(14(2)31-32)30-25(33)20-9-8-17(35-20)12-34-24-21(28)18(26)10-19(27)22(24)29/h4-10H,11-12H2,1-3H3,(H,30,33). The molecule has 2 aromatic carbocycles. The van der Waals surface area contributed by atoms with Gasteiger partial charge in [0.2, 0.25) is 11.6 Å². The predicted molar refractivity (Wildman–Crippen MR) is 119 cm³/mol. The molecule has 0 atom stereocenters. The maximum absolute atomic E-state index is 13.7. The van der Waals surface area contributed by atoms with Crippen LogP contribution >= 0.6 is 0 Å². The van der Waals surface area contributed by atoms with Crippen LogP contribution in [-0.2, 0) is 13.2 Å². The molecule has 0 saturated carbocycles. The van der Waals surface area contributed by atoms with Gasteiger partial charge in [-0.15, -0.1) is 0 Å². The molecule has 2 aromatic heterocycles. The van der Waals surface area contributed by atoms with Gasteiger partial charge in [-0.05, 0) is 38.5 Å². The minimum atomic E-state index is -1.66. The topological polar surface area (TPSA) is 69.3 Å². The van der Waals surface area contributed by atoms with Crippen molar-refractivity contribution in [3.05, 3.63) is 99.8 Å². The molecule has 0 spiro atoms. The van der Waals surface area contributed by atoms with Crippen molar-refractivity contribution in [3.63, 3.8) is 0 Å². The Labute approximate surface area is 198 Å². The van der Waals surface area contributed by atoms with Crippen LogP contribution in [0.3, 0.4) is 0 Å². The molecule has 4 aromatic rings. The first-order valence-electron chi connectivity index (χ1n) is 10.6. The number of amides is 1. The molecular formula is C25H21F4N3O3. The zero-order chi connectivity index (χ0) is 25.3. The van der Waals surface area contributed by atoms with Crippen LogP contribution in [-0.4, -0.2) is 15.7 Å². The number of ether oxygens (including phenoxy) is 1. The van der Waals surface area contributed by atoms with Crippen LogP contribution in [0.1, 0.15) is 38.8 Å². The van der Waals surface area contributed by atoms with Crippen LogP contribution in [0.4, 0.5) is 23.2 Å². The molecule has 0 aliphatic carbocycles. The molecule has 1 amide bonds. The van der Waals surface area contributed by atoms with E-state index in [1.54, 1.807) is 11.6 Å². The minimum Gasteiger partial charge on any atom is -0.479 e. The highest BCUT2D eigenvalue weighted by atomic mass is 19.2. The number of halogens is 4. The smallest absolute Gasteiger partial charge is 0.291 e. The van der Waals surface area contributed by atoms with Crippen LogP contribution < -0.4 is 10.1 Å². The van der Waals surface area contributed by atoms with Crippen LogP contribution in [0, 0.1) is 44.0 Å². The van der Waals surface area contributed by atoms with Crippen LogP contribution in [0.5, 0.6) is 5.75 Å². The maximum atomic E-state index is 13.7. The second-order valence-corrected chi connectivity index (χ2v) is 8.00. The number of anilines is 1. The minimum absolute atomic E-state index is 0.0159. The van der Waals surface area contributed by atoms with Crippen molar-refractivity contribution in [2.75, 3.05) is 5.32 Å². The Morgan fingerprint density at radius 3 is 2.31 bits per heavy atom. The number of aromatic nitrogens is 2. The molecule has 0 saturated heterocycles. The Morgan fingerprint density at radius 1 is 1.00 bits per heavy atom. The predicted octanol–water partition coefficient (Wildman–Crippen LogP) is 5.84. The average molecular weight is 487 g/mol. The van der Waals surface area contributed by atoms with Crippen molar-refractivity contribution in [2.24, 2.45) is 0 Å². The van der Waals surface area contributed by atoms with Gasteiger partial charge in [-0.1, -0.05) is 29.8 Å². The van der Waals surface area contributed by atoms with Gasteiger partial charge >= 0.3 is 0 Å². The molecule has 182 valence electrons. The Bertz CT molecular complexity index is 1370. The van der Waals surface area contributed by atoms with E-state index in [1.165, 1.54) is 12.1 Å². The summed E-state index contributed by atoms with van der Waals surface area (Å²) >= 11 is 0. The SMILES string of the molecule is Cc1ccc(Cn2nc(C)c(NC(=O)c3ccc(COc4c(F)c(F)cc(F)c4F)o3)c2C)cc1. The number of hydrogen-bond acceptors (Lipinski definition) is 4. The van der Waals surface area contributed by atoms with Gasteiger partial charge < -0.3 is 14.5 Å². The third-order valence-electron chi connectivity index (χ3n) is 5.39. The van der Waals surface area contributed by atoms with Crippen LogP contribution in [0.25, 0.3) is 0 Å². The summed E-state index contributed by atoms with van der Waals surface area (Å²) in [6.07, 6.45) is 0. The third kappa shape index (κ3) is 5.06. The highest BCUT2D eigenvalue weighted by molar-refractivity contribution is 6.02. The summed E-state index contributed by atoms with van der Waals surface area (Å²) in [4.78, 5) is 12.7. The van der Waals surface area contributed by atoms with E-state index in [2.05, 4.69) is 10.4 Å². The summed E-state index contributed by atoms with van der Waals surface area (Å²) < 4.78 is 66.2. The molecular weight excluding hydrogens is 466 g/mol. The molecule has 6 nitrogen and oxygen atoms in total. The lowest BCUT2D eigenvalue weighted by molar-refractivity contribution is 0.0992. The van der Waals surface area contributed by atoms with E-state index in [0.717, 1.165) is 16.8 Å². The van der Waals surface area contributed by atoms with E-state index >= 15 is 0 Å².